The van der Waals surface area contributed by atoms with Crippen LogP contribution in [0.3, 0.4) is 0 Å². The van der Waals surface area contributed by atoms with Crippen molar-refractivity contribution in [1.82, 2.24) is 14.8 Å². The summed E-state index contributed by atoms with van der Waals surface area (Å²) in [6, 6.07) is 7.40. The predicted octanol–water partition coefficient (Wildman–Crippen LogP) is 3.76. The van der Waals surface area contributed by atoms with Gasteiger partial charge in [-0.05, 0) is 43.2 Å². The molecule has 0 aliphatic carbocycles. The number of hydrogen-bond acceptors (Lipinski definition) is 5. The molecule has 1 aliphatic heterocycles. The van der Waals surface area contributed by atoms with Crippen LogP contribution in [0.1, 0.15) is 25.1 Å². The lowest BCUT2D eigenvalue weighted by molar-refractivity contribution is 0.414. The number of sulfonamides is 1. The van der Waals surface area contributed by atoms with Gasteiger partial charge in [0.1, 0.15) is 23.2 Å². The summed E-state index contributed by atoms with van der Waals surface area (Å²) in [5, 5.41) is 8.20. The Morgan fingerprint density at radius 1 is 1.03 bits per heavy atom. The highest BCUT2D eigenvalue weighted by molar-refractivity contribution is 7.92. The van der Waals surface area contributed by atoms with Crippen LogP contribution in [0, 0.1) is 11.6 Å². The number of methoxy groups -OCH3 is 1. The number of ether oxygens (including phenoxy) is 1. The number of hydrogen-bond donors (Lipinski definition) is 1. The van der Waals surface area contributed by atoms with E-state index >= 15 is 0 Å². The number of benzene rings is 2. The van der Waals surface area contributed by atoms with Gasteiger partial charge in [0.2, 0.25) is 0 Å². The minimum atomic E-state index is -4.09. The van der Waals surface area contributed by atoms with Crippen molar-refractivity contribution in [3.63, 3.8) is 0 Å². The molecule has 7 nitrogen and oxygen atoms in total. The Hall–Kier alpha value is -3.01. The van der Waals surface area contributed by atoms with Gasteiger partial charge in [0.25, 0.3) is 10.0 Å². The molecule has 10 heteroatoms. The van der Waals surface area contributed by atoms with E-state index in [1.165, 1.54) is 31.4 Å². The summed E-state index contributed by atoms with van der Waals surface area (Å²) in [5.74, 6) is -0.374. The van der Waals surface area contributed by atoms with E-state index in [0.717, 1.165) is 37.6 Å². The molecular weight excluding hydrogens is 414 g/mol. The van der Waals surface area contributed by atoms with Gasteiger partial charge in [-0.1, -0.05) is 6.42 Å². The van der Waals surface area contributed by atoms with E-state index in [0.29, 0.717) is 18.4 Å². The molecule has 2 aromatic carbocycles. The minimum absolute atomic E-state index is 0.00974. The number of fused-ring (bicyclic) bond motifs is 1. The van der Waals surface area contributed by atoms with Crippen molar-refractivity contribution in [2.75, 3.05) is 11.8 Å². The zero-order valence-corrected chi connectivity index (χ0v) is 17.0. The number of rotatable bonds is 5. The van der Waals surface area contributed by atoms with Crippen molar-refractivity contribution in [3.8, 4) is 17.1 Å². The first-order valence-corrected chi connectivity index (χ1v) is 11.0. The van der Waals surface area contributed by atoms with Crippen LogP contribution in [0.2, 0.25) is 0 Å². The van der Waals surface area contributed by atoms with Gasteiger partial charge in [-0.2, -0.15) is 0 Å². The molecule has 2 heterocycles. The number of anilines is 1. The third kappa shape index (κ3) is 3.87. The second kappa shape index (κ2) is 8.02. The Balaban J connectivity index is 1.71. The molecule has 0 radical (unpaired) electrons. The summed E-state index contributed by atoms with van der Waals surface area (Å²) in [7, 11) is -2.63. The van der Waals surface area contributed by atoms with Gasteiger partial charge < -0.3 is 9.30 Å². The van der Waals surface area contributed by atoms with E-state index < -0.39 is 21.7 Å². The summed E-state index contributed by atoms with van der Waals surface area (Å²) >= 11 is 0. The number of nitrogens with one attached hydrogen (secondary N) is 1. The fourth-order valence-corrected chi connectivity index (χ4v) is 4.50. The van der Waals surface area contributed by atoms with Gasteiger partial charge in [-0.15, -0.1) is 10.2 Å². The van der Waals surface area contributed by atoms with Crippen molar-refractivity contribution in [2.45, 2.75) is 37.1 Å². The van der Waals surface area contributed by atoms with Crippen molar-refractivity contribution in [2.24, 2.45) is 0 Å². The molecular formula is C20H20F2N4O3S. The molecule has 30 heavy (non-hydrogen) atoms. The maximum Gasteiger partial charge on any atom is 0.261 e. The van der Waals surface area contributed by atoms with Crippen molar-refractivity contribution in [3.05, 3.63) is 53.9 Å². The summed E-state index contributed by atoms with van der Waals surface area (Å²) in [4.78, 5) is -0.0788. The third-order valence-corrected chi connectivity index (χ3v) is 6.40. The number of nitrogens with zero attached hydrogens (tertiary/aromatic N) is 3. The quantitative estimate of drug-likeness (QED) is 0.661. The number of aromatic nitrogens is 3. The van der Waals surface area contributed by atoms with Gasteiger partial charge >= 0.3 is 0 Å². The average Bonchev–Trinajstić information content (AvgIpc) is 2.97. The van der Waals surface area contributed by atoms with Crippen LogP contribution in [0.4, 0.5) is 14.5 Å². The minimum Gasteiger partial charge on any atom is -0.497 e. The van der Waals surface area contributed by atoms with Crippen molar-refractivity contribution >= 4 is 15.7 Å². The molecule has 0 unspecified atom stereocenters. The molecule has 4 rings (SSSR count). The fourth-order valence-electron chi connectivity index (χ4n) is 3.44. The maximum atomic E-state index is 14.6. The Bertz CT molecular complexity index is 1180. The van der Waals surface area contributed by atoms with E-state index in [4.69, 9.17) is 4.74 Å². The van der Waals surface area contributed by atoms with Crippen LogP contribution in [-0.4, -0.2) is 30.3 Å². The monoisotopic (exact) mass is 434 g/mol. The Morgan fingerprint density at radius 3 is 2.53 bits per heavy atom. The second-order valence-electron chi connectivity index (χ2n) is 7.00. The van der Waals surface area contributed by atoms with Crippen molar-refractivity contribution < 1.29 is 21.9 Å². The lowest BCUT2D eigenvalue weighted by Crippen LogP contribution is -2.14. The predicted molar refractivity (Wildman–Crippen MR) is 107 cm³/mol. The van der Waals surface area contributed by atoms with E-state index in [1.54, 1.807) is 0 Å². The zero-order valence-electron chi connectivity index (χ0n) is 16.2. The smallest absolute Gasteiger partial charge is 0.261 e. The molecule has 0 bridgehead atoms. The van der Waals surface area contributed by atoms with Gasteiger partial charge in [0, 0.05) is 19.0 Å². The summed E-state index contributed by atoms with van der Waals surface area (Å²) in [6.07, 6.45) is 3.63. The largest absolute Gasteiger partial charge is 0.497 e. The maximum absolute atomic E-state index is 14.6. The SMILES string of the molecule is COc1ccc(S(=O)(=O)Nc2cc(-c3nnc4n3CCCCC4)c(F)cc2F)cc1. The van der Waals surface area contributed by atoms with Crippen LogP contribution in [-0.2, 0) is 23.0 Å². The molecule has 0 spiro atoms. The molecule has 0 saturated carbocycles. The fraction of sp³-hybridized carbons (Fsp3) is 0.300. The Morgan fingerprint density at radius 2 is 1.80 bits per heavy atom. The topological polar surface area (TPSA) is 86.1 Å². The van der Waals surface area contributed by atoms with Gasteiger partial charge in [0.15, 0.2) is 5.82 Å². The molecule has 3 aromatic rings. The van der Waals surface area contributed by atoms with Crippen LogP contribution >= 0.6 is 0 Å². The number of aryl methyl sites for hydroxylation is 1. The van der Waals surface area contributed by atoms with Crippen molar-refractivity contribution in [1.29, 1.82) is 0 Å². The second-order valence-corrected chi connectivity index (χ2v) is 8.68. The van der Waals surface area contributed by atoms with Crippen LogP contribution in [0.5, 0.6) is 5.75 Å². The summed E-state index contributed by atoms with van der Waals surface area (Å²) in [5.41, 5.74) is -0.377. The third-order valence-electron chi connectivity index (χ3n) is 5.02. The molecule has 0 atom stereocenters. The molecule has 158 valence electrons. The van der Waals surface area contributed by atoms with Crippen LogP contribution in [0.25, 0.3) is 11.4 Å². The van der Waals surface area contributed by atoms with E-state index in [-0.39, 0.29) is 22.0 Å². The first kappa shape index (κ1) is 20.3. The first-order valence-electron chi connectivity index (χ1n) is 9.47. The molecule has 1 aromatic heterocycles. The number of halogens is 2. The standard InChI is InChI=1S/C20H20F2N4O3S/c1-29-13-6-8-14(9-7-13)30(27,28)25-18-11-15(16(21)12-17(18)22)20-24-23-19-5-3-2-4-10-26(19)20/h6-9,11-12,25H,2-5,10H2,1H3. The first-order chi connectivity index (χ1) is 14.4. The van der Waals surface area contributed by atoms with E-state index in [9.17, 15) is 17.2 Å². The Kier molecular flexibility index (Phi) is 5.42. The lowest BCUT2D eigenvalue weighted by Gasteiger charge is -2.13. The Labute approximate surface area is 172 Å². The summed E-state index contributed by atoms with van der Waals surface area (Å²) in [6.45, 7) is 0.626. The summed E-state index contributed by atoms with van der Waals surface area (Å²) < 4.78 is 63.4. The molecule has 0 saturated heterocycles. The van der Waals surface area contributed by atoms with E-state index in [1.807, 2.05) is 4.57 Å². The average molecular weight is 434 g/mol. The zero-order chi connectivity index (χ0) is 21.3. The van der Waals surface area contributed by atoms with Crippen LogP contribution < -0.4 is 9.46 Å². The molecule has 0 fully saturated rings. The molecule has 1 N–H and O–H groups in total. The highest BCUT2D eigenvalue weighted by Gasteiger charge is 2.23. The van der Waals surface area contributed by atoms with Crippen LogP contribution in [0.15, 0.2) is 41.3 Å². The highest BCUT2D eigenvalue weighted by atomic mass is 32.2. The van der Waals surface area contributed by atoms with Gasteiger partial charge in [-0.25, -0.2) is 17.2 Å². The van der Waals surface area contributed by atoms with Gasteiger partial charge in [0.05, 0.1) is 23.3 Å². The molecule has 1 aliphatic rings. The highest BCUT2D eigenvalue weighted by Crippen LogP contribution is 2.30. The normalized spacial score (nSPS) is 14.1. The lowest BCUT2D eigenvalue weighted by atomic mass is 10.1. The van der Waals surface area contributed by atoms with E-state index in [2.05, 4.69) is 14.9 Å². The van der Waals surface area contributed by atoms with Gasteiger partial charge in [-0.3, -0.25) is 4.72 Å². The molecule has 0 amide bonds.